The second-order valence-corrected chi connectivity index (χ2v) is 5.17. The minimum absolute atomic E-state index is 0.117. The molecule has 0 saturated carbocycles. The van der Waals surface area contributed by atoms with Crippen molar-refractivity contribution in [3.8, 4) is 0 Å². The van der Waals surface area contributed by atoms with E-state index in [9.17, 15) is 9.59 Å². The summed E-state index contributed by atoms with van der Waals surface area (Å²) in [6.45, 7) is 2.01. The Morgan fingerprint density at radius 1 is 1.45 bits per heavy atom. The topological polar surface area (TPSA) is 92.7 Å². The van der Waals surface area contributed by atoms with Crippen LogP contribution in [0.2, 0.25) is 0 Å². The Morgan fingerprint density at radius 2 is 2.20 bits per heavy atom. The van der Waals surface area contributed by atoms with Gasteiger partial charge in [-0.3, -0.25) is 19.4 Å². The maximum Gasteiger partial charge on any atom is 0.339 e. The van der Waals surface area contributed by atoms with E-state index in [0.29, 0.717) is 5.16 Å². The molecular weight excluding hydrogens is 278 g/mol. The van der Waals surface area contributed by atoms with E-state index >= 15 is 0 Å². The minimum Gasteiger partial charge on any atom is -0.313 e. The van der Waals surface area contributed by atoms with Crippen LogP contribution in [0.5, 0.6) is 0 Å². The molecule has 0 saturated heterocycles. The molecule has 2 aromatic heterocycles. The van der Waals surface area contributed by atoms with Gasteiger partial charge in [0.25, 0.3) is 0 Å². The van der Waals surface area contributed by atoms with E-state index in [1.807, 2.05) is 26.1 Å². The van der Waals surface area contributed by atoms with Crippen molar-refractivity contribution in [3.05, 3.63) is 44.6 Å². The van der Waals surface area contributed by atoms with Crippen LogP contribution in [0.25, 0.3) is 0 Å². The van der Waals surface area contributed by atoms with Crippen LogP contribution in [-0.2, 0) is 7.05 Å². The molecule has 2 aromatic rings. The molecule has 0 spiro atoms. The average Bonchev–Trinajstić information content (AvgIpc) is 2.44. The van der Waals surface area contributed by atoms with Gasteiger partial charge in [0.2, 0.25) is 0 Å². The van der Waals surface area contributed by atoms with E-state index in [1.54, 1.807) is 13.2 Å². The molecule has 0 aromatic carbocycles. The van der Waals surface area contributed by atoms with Crippen LogP contribution >= 0.6 is 11.8 Å². The Balaban J connectivity index is 2.43. The van der Waals surface area contributed by atoms with Crippen molar-refractivity contribution in [2.75, 3.05) is 7.05 Å². The zero-order valence-electron chi connectivity index (χ0n) is 11.4. The summed E-state index contributed by atoms with van der Waals surface area (Å²) in [4.78, 5) is 30.6. The maximum atomic E-state index is 11.3. The van der Waals surface area contributed by atoms with Gasteiger partial charge < -0.3 is 5.32 Å². The van der Waals surface area contributed by atoms with Crippen LogP contribution in [0.4, 0.5) is 0 Å². The molecule has 0 amide bonds. The average molecular weight is 293 g/mol. The molecule has 2 heterocycles. The van der Waals surface area contributed by atoms with Crippen LogP contribution < -0.4 is 16.4 Å². The molecule has 0 aliphatic carbocycles. The van der Waals surface area contributed by atoms with Crippen molar-refractivity contribution in [3.63, 3.8) is 0 Å². The van der Waals surface area contributed by atoms with Crippen molar-refractivity contribution < 1.29 is 0 Å². The van der Waals surface area contributed by atoms with Crippen molar-refractivity contribution in [1.82, 2.24) is 25.1 Å². The van der Waals surface area contributed by atoms with Gasteiger partial charge in [-0.25, -0.2) is 4.98 Å². The number of hydrogen-bond acceptors (Lipinski definition) is 6. The monoisotopic (exact) mass is 293 g/mol. The molecule has 0 aliphatic heterocycles. The number of rotatable bonds is 4. The molecule has 0 radical (unpaired) electrons. The molecule has 106 valence electrons. The first-order chi connectivity index (χ1) is 9.52. The van der Waals surface area contributed by atoms with E-state index in [4.69, 9.17) is 0 Å². The second-order valence-electron chi connectivity index (χ2n) is 4.21. The lowest BCUT2D eigenvalue weighted by Gasteiger charge is -2.14. The van der Waals surface area contributed by atoms with Crippen molar-refractivity contribution in [1.29, 1.82) is 0 Å². The molecular formula is C12H15N5O2S. The molecule has 8 heteroatoms. The van der Waals surface area contributed by atoms with Crippen LogP contribution in [-0.4, -0.2) is 26.8 Å². The molecule has 20 heavy (non-hydrogen) atoms. The van der Waals surface area contributed by atoms with Crippen molar-refractivity contribution >= 4 is 11.8 Å². The van der Waals surface area contributed by atoms with Crippen LogP contribution in [0.1, 0.15) is 18.5 Å². The standard InChI is InChI=1S/C12H15N5O2S/c1-7(13-2)8-5-4-6-14-11(8)20-12-15-9(18)10(19)16-17(12)3/h4-7,13H,1-3H3,(H,16,19). The Bertz CT molecular complexity index is 724. The smallest absolute Gasteiger partial charge is 0.313 e. The third-order valence-corrected chi connectivity index (χ3v) is 3.92. The number of aromatic amines is 1. The largest absolute Gasteiger partial charge is 0.339 e. The van der Waals surface area contributed by atoms with Gasteiger partial charge in [-0.2, -0.15) is 4.98 Å². The summed E-state index contributed by atoms with van der Waals surface area (Å²) in [7, 11) is 3.49. The van der Waals surface area contributed by atoms with Crippen LogP contribution in [0, 0.1) is 0 Å². The number of H-pyrrole nitrogens is 1. The summed E-state index contributed by atoms with van der Waals surface area (Å²) in [5, 5.41) is 6.68. The molecule has 2 rings (SSSR count). The van der Waals surface area contributed by atoms with E-state index < -0.39 is 11.1 Å². The number of nitrogens with one attached hydrogen (secondary N) is 2. The van der Waals surface area contributed by atoms with E-state index in [-0.39, 0.29) is 6.04 Å². The third kappa shape index (κ3) is 2.97. The molecule has 0 fully saturated rings. The van der Waals surface area contributed by atoms with Gasteiger partial charge in [0.1, 0.15) is 5.03 Å². The van der Waals surface area contributed by atoms with E-state index in [2.05, 4.69) is 20.4 Å². The van der Waals surface area contributed by atoms with Gasteiger partial charge in [-0.05, 0) is 31.8 Å². The molecule has 7 nitrogen and oxygen atoms in total. The van der Waals surface area contributed by atoms with E-state index in [0.717, 1.165) is 10.6 Å². The predicted molar refractivity (Wildman–Crippen MR) is 75.9 cm³/mol. The van der Waals surface area contributed by atoms with Crippen molar-refractivity contribution in [2.45, 2.75) is 23.1 Å². The lowest BCUT2D eigenvalue weighted by Crippen LogP contribution is -2.33. The summed E-state index contributed by atoms with van der Waals surface area (Å²) >= 11 is 1.24. The quantitative estimate of drug-likeness (QED) is 0.787. The summed E-state index contributed by atoms with van der Waals surface area (Å²) < 4.78 is 1.41. The predicted octanol–water partition coefficient (Wildman–Crippen LogP) is 0.295. The first kappa shape index (κ1) is 14.5. The third-order valence-electron chi connectivity index (χ3n) is 2.84. The highest BCUT2D eigenvalue weighted by Crippen LogP contribution is 2.28. The van der Waals surface area contributed by atoms with Gasteiger partial charge >= 0.3 is 11.1 Å². The lowest BCUT2D eigenvalue weighted by molar-refractivity contribution is 0.594. The molecule has 0 bridgehead atoms. The first-order valence-corrected chi connectivity index (χ1v) is 6.82. The van der Waals surface area contributed by atoms with Crippen molar-refractivity contribution in [2.24, 2.45) is 7.05 Å². The number of aryl methyl sites for hydroxylation is 1. The highest BCUT2D eigenvalue weighted by atomic mass is 32.2. The Morgan fingerprint density at radius 3 is 2.90 bits per heavy atom. The fraction of sp³-hybridized carbons (Fsp3) is 0.333. The minimum atomic E-state index is -0.801. The fourth-order valence-corrected chi connectivity index (χ4v) is 2.57. The Kier molecular flexibility index (Phi) is 4.35. The molecule has 1 atom stereocenters. The summed E-state index contributed by atoms with van der Waals surface area (Å²) in [5.74, 6) is 0. The zero-order valence-corrected chi connectivity index (χ0v) is 12.2. The van der Waals surface area contributed by atoms with Crippen LogP contribution in [0.3, 0.4) is 0 Å². The summed E-state index contributed by atoms with van der Waals surface area (Å²) in [6, 6.07) is 3.93. The van der Waals surface area contributed by atoms with Gasteiger partial charge in [0.15, 0.2) is 5.16 Å². The van der Waals surface area contributed by atoms with Gasteiger partial charge in [0, 0.05) is 24.8 Å². The van der Waals surface area contributed by atoms with Gasteiger partial charge in [-0.1, -0.05) is 6.07 Å². The molecule has 1 unspecified atom stereocenters. The SMILES string of the molecule is CNC(C)c1cccnc1Sc1nc(=O)c(=O)[nH]n1C. The van der Waals surface area contributed by atoms with Gasteiger partial charge in [0.05, 0.1) is 0 Å². The Labute approximate surface area is 119 Å². The normalized spacial score (nSPS) is 12.3. The number of nitrogens with zero attached hydrogens (tertiary/aromatic N) is 3. The van der Waals surface area contributed by atoms with Gasteiger partial charge in [-0.15, -0.1) is 0 Å². The zero-order chi connectivity index (χ0) is 14.7. The lowest BCUT2D eigenvalue weighted by atomic mass is 10.1. The maximum absolute atomic E-state index is 11.3. The van der Waals surface area contributed by atoms with E-state index in [1.165, 1.54) is 16.4 Å². The number of pyridine rings is 1. The first-order valence-electron chi connectivity index (χ1n) is 6.00. The molecule has 0 aliphatic rings. The number of aromatic nitrogens is 4. The highest BCUT2D eigenvalue weighted by molar-refractivity contribution is 7.99. The Hall–Kier alpha value is -1.93. The second kappa shape index (κ2) is 6.02. The van der Waals surface area contributed by atoms with Crippen LogP contribution in [0.15, 0.2) is 38.1 Å². The summed E-state index contributed by atoms with van der Waals surface area (Å²) in [5.41, 5.74) is -0.535. The fourth-order valence-electron chi connectivity index (χ4n) is 1.61. The number of hydrogen-bond donors (Lipinski definition) is 2. The molecule has 2 N–H and O–H groups in total. The highest BCUT2D eigenvalue weighted by Gasteiger charge is 2.13. The summed E-state index contributed by atoms with van der Waals surface area (Å²) in [6.07, 6.45) is 1.68.